The first-order chi connectivity index (χ1) is 9.76. The van der Waals surface area contributed by atoms with Crippen LogP contribution < -0.4 is 5.73 Å². The lowest BCUT2D eigenvalue weighted by atomic mass is 9.52. The molecule has 4 aliphatic carbocycles. The fraction of sp³-hybridized carbons (Fsp3) is 0.875. The van der Waals surface area contributed by atoms with Gasteiger partial charge in [-0.25, -0.2) is 9.67 Å². The third kappa shape index (κ3) is 1.63. The van der Waals surface area contributed by atoms with Crippen molar-refractivity contribution in [1.82, 2.24) is 14.8 Å². The van der Waals surface area contributed by atoms with Crippen LogP contribution >= 0.6 is 0 Å². The van der Waals surface area contributed by atoms with E-state index in [1.165, 1.54) is 37.9 Å². The van der Waals surface area contributed by atoms with Crippen LogP contribution in [0.4, 0.5) is 0 Å². The van der Waals surface area contributed by atoms with Crippen LogP contribution in [0.15, 0.2) is 0 Å². The van der Waals surface area contributed by atoms with Crippen molar-refractivity contribution in [2.24, 2.45) is 29.4 Å². The van der Waals surface area contributed by atoms with Crippen molar-refractivity contribution in [3.05, 3.63) is 11.6 Å². The van der Waals surface area contributed by atoms with Gasteiger partial charge in [-0.1, -0.05) is 0 Å². The maximum atomic E-state index is 6.07. The molecule has 0 saturated heterocycles. The van der Waals surface area contributed by atoms with E-state index >= 15 is 0 Å². The second-order valence-electron chi connectivity index (χ2n) is 7.82. The van der Waals surface area contributed by atoms with Gasteiger partial charge in [0, 0.05) is 24.9 Å². The zero-order valence-electron chi connectivity index (χ0n) is 12.0. The van der Waals surface area contributed by atoms with Crippen molar-refractivity contribution in [2.75, 3.05) is 0 Å². The normalized spacial score (nSPS) is 45.6. The number of aromatic nitrogens is 3. The number of nitrogens with zero attached hydrogens (tertiary/aromatic N) is 3. The van der Waals surface area contributed by atoms with Gasteiger partial charge >= 0.3 is 0 Å². The Balaban J connectivity index is 1.48. The summed E-state index contributed by atoms with van der Waals surface area (Å²) in [7, 11) is 0. The van der Waals surface area contributed by atoms with Crippen LogP contribution in [-0.4, -0.2) is 20.8 Å². The van der Waals surface area contributed by atoms with Gasteiger partial charge in [0.1, 0.15) is 5.82 Å². The molecule has 4 bridgehead atoms. The predicted octanol–water partition coefficient (Wildman–Crippen LogP) is 2.09. The molecule has 4 nitrogen and oxygen atoms in total. The molecule has 0 amide bonds. The Bertz CT molecular complexity index is 507. The second kappa shape index (κ2) is 4.06. The SMILES string of the molecule is NC1CCn2nc(C3C4CC5CC(C4)CC3C5)nc2C1. The minimum absolute atomic E-state index is 0.290. The van der Waals surface area contributed by atoms with Crippen LogP contribution in [0.5, 0.6) is 0 Å². The van der Waals surface area contributed by atoms with Crippen molar-refractivity contribution < 1.29 is 0 Å². The molecular formula is C16H24N4. The predicted molar refractivity (Wildman–Crippen MR) is 76.1 cm³/mol. The highest BCUT2D eigenvalue weighted by atomic mass is 15.4. The van der Waals surface area contributed by atoms with Crippen molar-refractivity contribution in [1.29, 1.82) is 0 Å². The van der Waals surface area contributed by atoms with Gasteiger partial charge in [-0.3, -0.25) is 0 Å². The van der Waals surface area contributed by atoms with Gasteiger partial charge in [-0.2, -0.15) is 5.10 Å². The Kier molecular flexibility index (Phi) is 2.38. The number of nitrogens with two attached hydrogens (primary N) is 1. The molecule has 108 valence electrons. The van der Waals surface area contributed by atoms with E-state index in [4.69, 9.17) is 15.8 Å². The van der Waals surface area contributed by atoms with Gasteiger partial charge in [0.05, 0.1) is 0 Å². The highest BCUT2D eigenvalue weighted by molar-refractivity contribution is 5.12. The summed E-state index contributed by atoms with van der Waals surface area (Å²) in [4.78, 5) is 4.92. The Morgan fingerprint density at radius 3 is 2.40 bits per heavy atom. The van der Waals surface area contributed by atoms with E-state index in [1.807, 2.05) is 0 Å². The smallest absolute Gasteiger partial charge is 0.154 e. The monoisotopic (exact) mass is 272 g/mol. The maximum absolute atomic E-state index is 6.07. The Morgan fingerprint density at radius 2 is 1.70 bits per heavy atom. The quantitative estimate of drug-likeness (QED) is 0.851. The molecule has 2 N–H and O–H groups in total. The summed E-state index contributed by atoms with van der Waals surface area (Å²) in [6.45, 7) is 0.969. The summed E-state index contributed by atoms with van der Waals surface area (Å²) in [5.41, 5.74) is 6.07. The molecule has 1 aromatic heterocycles. The highest BCUT2D eigenvalue weighted by Crippen LogP contribution is 2.59. The summed E-state index contributed by atoms with van der Waals surface area (Å²) >= 11 is 0. The van der Waals surface area contributed by atoms with Gasteiger partial charge in [0.2, 0.25) is 0 Å². The van der Waals surface area contributed by atoms with Crippen molar-refractivity contribution in [3.63, 3.8) is 0 Å². The van der Waals surface area contributed by atoms with E-state index < -0.39 is 0 Å². The van der Waals surface area contributed by atoms with Crippen molar-refractivity contribution >= 4 is 0 Å². The fourth-order valence-corrected chi connectivity index (χ4v) is 5.84. The van der Waals surface area contributed by atoms with Crippen LogP contribution in [0.25, 0.3) is 0 Å². The molecule has 4 saturated carbocycles. The van der Waals surface area contributed by atoms with Gasteiger partial charge in [0.15, 0.2) is 5.82 Å². The number of hydrogen-bond acceptors (Lipinski definition) is 3. The molecule has 6 rings (SSSR count). The summed E-state index contributed by atoms with van der Waals surface area (Å²) in [5, 5.41) is 4.88. The summed E-state index contributed by atoms with van der Waals surface area (Å²) in [6, 6.07) is 0.290. The van der Waals surface area contributed by atoms with E-state index in [0.717, 1.165) is 48.9 Å². The first-order valence-electron chi connectivity index (χ1n) is 8.45. The van der Waals surface area contributed by atoms with E-state index in [1.54, 1.807) is 0 Å². The second-order valence-corrected chi connectivity index (χ2v) is 7.82. The topological polar surface area (TPSA) is 56.7 Å². The molecule has 4 fully saturated rings. The van der Waals surface area contributed by atoms with Crippen LogP contribution in [0, 0.1) is 23.7 Å². The fourth-order valence-electron chi connectivity index (χ4n) is 5.84. The molecule has 0 aromatic carbocycles. The molecule has 1 aliphatic heterocycles. The third-order valence-electron chi connectivity index (χ3n) is 6.45. The molecule has 5 aliphatic rings. The van der Waals surface area contributed by atoms with Gasteiger partial charge in [-0.15, -0.1) is 0 Å². The first-order valence-corrected chi connectivity index (χ1v) is 8.45. The molecule has 0 radical (unpaired) electrons. The molecular weight excluding hydrogens is 248 g/mol. The summed E-state index contributed by atoms with van der Waals surface area (Å²) in [5.74, 6) is 6.79. The van der Waals surface area contributed by atoms with E-state index in [-0.39, 0.29) is 6.04 Å². The van der Waals surface area contributed by atoms with Crippen LogP contribution in [0.1, 0.15) is 56.1 Å². The zero-order chi connectivity index (χ0) is 13.3. The van der Waals surface area contributed by atoms with Gasteiger partial charge in [-0.05, 0) is 62.2 Å². The van der Waals surface area contributed by atoms with Crippen LogP contribution in [0.3, 0.4) is 0 Å². The van der Waals surface area contributed by atoms with Crippen LogP contribution in [-0.2, 0) is 13.0 Å². The number of fused-ring (bicyclic) bond motifs is 1. The van der Waals surface area contributed by atoms with E-state index in [0.29, 0.717) is 5.92 Å². The molecule has 1 unspecified atom stereocenters. The lowest BCUT2D eigenvalue weighted by Crippen LogP contribution is -2.44. The minimum atomic E-state index is 0.290. The molecule has 0 spiro atoms. The maximum Gasteiger partial charge on any atom is 0.154 e. The Morgan fingerprint density at radius 1 is 1.00 bits per heavy atom. The Hall–Kier alpha value is -0.900. The van der Waals surface area contributed by atoms with Gasteiger partial charge < -0.3 is 5.73 Å². The molecule has 1 atom stereocenters. The zero-order valence-corrected chi connectivity index (χ0v) is 12.0. The Labute approximate surface area is 120 Å². The van der Waals surface area contributed by atoms with Gasteiger partial charge in [0.25, 0.3) is 0 Å². The third-order valence-corrected chi connectivity index (χ3v) is 6.45. The average Bonchev–Trinajstić information content (AvgIpc) is 2.79. The molecule has 1 aromatic rings. The van der Waals surface area contributed by atoms with Crippen molar-refractivity contribution in [2.45, 2.75) is 63.5 Å². The minimum Gasteiger partial charge on any atom is -0.327 e. The molecule has 20 heavy (non-hydrogen) atoms. The summed E-state index contributed by atoms with van der Waals surface area (Å²) < 4.78 is 2.14. The first kappa shape index (κ1) is 11.7. The largest absolute Gasteiger partial charge is 0.327 e. The van der Waals surface area contributed by atoms with Crippen molar-refractivity contribution in [3.8, 4) is 0 Å². The average molecular weight is 272 g/mol. The standard InChI is InChI=1S/C16H24N4/c17-13-1-2-20-14(8-13)18-16(19-20)15-11-4-9-3-10(6-11)7-12(15)5-9/h9-13,15H,1-8,17H2. The lowest BCUT2D eigenvalue weighted by Gasteiger charge is -2.53. The number of aryl methyl sites for hydroxylation is 1. The lowest BCUT2D eigenvalue weighted by molar-refractivity contribution is -0.00569. The molecule has 4 heteroatoms. The highest BCUT2D eigenvalue weighted by Gasteiger charge is 2.50. The number of rotatable bonds is 1. The van der Waals surface area contributed by atoms with E-state index in [2.05, 4.69) is 4.68 Å². The summed E-state index contributed by atoms with van der Waals surface area (Å²) in [6.07, 6.45) is 9.27. The number of hydrogen-bond donors (Lipinski definition) is 1. The van der Waals surface area contributed by atoms with E-state index in [9.17, 15) is 0 Å². The van der Waals surface area contributed by atoms with Crippen LogP contribution in [0.2, 0.25) is 0 Å². The molecule has 2 heterocycles.